The van der Waals surface area contributed by atoms with E-state index in [1.165, 1.54) is 0 Å². The zero-order chi connectivity index (χ0) is 4.50. The quantitative estimate of drug-likeness (QED) is 0.290. The Balaban J connectivity index is 0. The van der Waals surface area contributed by atoms with E-state index in [0.29, 0.717) is 0 Å². The molecule has 0 fully saturated rings. The van der Waals surface area contributed by atoms with Crippen LogP contribution >= 0.6 is 0 Å². The molecule has 0 aliphatic heterocycles. The molecule has 0 heterocycles. The van der Waals surface area contributed by atoms with Gasteiger partial charge in [-0.2, -0.15) is 8.42 Å². The first kappa shape index (κ1) is 9.91. The minimum Gasteiger partial charge on any atom is -1.00 e. The minimum atomic E-state index is -2.86. The van der Waals surface area contributed by atoms with E-state index < -0.39 is 8.87 Å². The molecule has 0 aliphatic carbocycles. The molecule has 5 heteroatoms. The van der Waals surface area contributed by atoms with Gasteiger partial charge in [0, 0.05) is 0 Å². The maximum atomic E-state index is 9.55. The van der Waals surface area contributed by atoms with Crippen molar-refractivity contribution in [1.29, 1.82) is 0 Å². The molecule has 0 unspecified atom stereocenters. The van der Waals surface area contributed by atoms with Crippen molar-refractivity contribution < 1.29 is 25.4 Å². The van der Waals surface area contributed by atoms with Gasteiger partial charge in [0.05, 0.1) is 17.9 Å². The fourth-order valence-electron chi connectivity index (χ4n) is 0. The molecule has 2 nitrogen and oxygen atoms in total. The molecule has 40 valence electrons. The summed E-state index contributed by atoms with van der Waals surface area (Å²) in [6.45, 7) is 0. The van der Waals surface area contributed by atoms with Crippen molar-refractivity contribution in [1.82, 2.24) is 0 Å². The third kappa shape index (κ3) is 112. The van der Waals surface area contributed by atoms with Gasteiger partial charge in [0.25, 0.3) is 0 Å². The van der Waals surface area contributed by atoms with Gasteiger partial charge in [0.15, 0.2) is 0 Å². The van der Waals surface area contributed by atoms with Gasteiger partial charge in [-0.25, -0.2) is 0 Å². The zero-order valence-electron chi connectivity index (χ0n) is 3.10. The van der Waals surface area contributed by atoms with E-state index in [0.717, 1.165) is 6.26 Å². The predicted octanol–water partition coefficient (Wildman–Crippen LogP) is -4.04. The van der Waals surface area contributed by atoms with E-state index in [4.69, 9.17) is 0 Å². The van der Waals surface area contributed by atoms with Crippen molar-refractivity contribution in [2.24, 2.45) is 0 Å². The number of halogens is 1. The van der Waals surface area contributed by atoms with Gasteiger partial charge in [-0.15, -0.1) is 0 Å². The lowest BCUT2D eigenvalue weighted by Crippen LogP contribution is -3.00. The van der Waals surface area contributed by atoms with Crippen LogP contribution in [0, 0.1) is 0 Å². The summed E-state index contributed by atoms with van der Waals surface area (Å²) in [7, 11) is -2.86. The molecule has 0 aromatic heterocycles. The lowest BCUT2D eigenvalue weighted by molar-refractivity contribution is -0.00000337. The normalized spacial score (nSPS) is 9.67. The summed E-state index contributed by atoms with van der Waals surface area (Å²) < 4.78 is 19.1. The third-order valence-electron chi connectivity index (χ3n) is 0. The van der Waals surface area contributed by atoms with E-state index in [1.807, 2.05) is 0 Å². The first-order valence-electron chi connectivity index (χ1n) is 0.946. The second-order valence-electron chi connectivity index (χ2n) is 0.772. The van der Waals surface area contributed by atoms with Crippen molar-refractivity contribution in [2.45, 2.75) is 0 Å². The topological polar surface area (TPSA) is 34.1 Å². The monoisotopic (exact) mass is 192 g/mol. The summed E-state index contributed by atoms with van der Waals surface area (Å²) in [6, 6.07) is 0. The van der Waals surface area contributed by atoms with Crippen LogP contribution in [0.3, 0.4) is 0 Å². The molecule has 0 saturated heterocycles. The van der Waals surface area contributed by atoms with Gasteiger partial charge >= 0.3 is 8.87 Å². The Labute approximate surface area is 52.4 Å². The van der Waals surface area contributed by atoms with Crippen LogP contribution in [-0.4, -0.2) is 14.7 Å². The van der Waals surface area contributed by atoms with Gasteiger partial charge in [-0.1, -0.05) is 0 Å². The maximum Gasteiger partial charge on any atom is 0.307 e. The van der Waals surface area contributed by atoms with Crippen molar-refractivity contribution in [3.63, 3.8) is 0 Å². The van der Waals surface area contributed by atoms with E-state index in [-0.39, 0.29) is 17.0 Å². The van der Waals surface area contributed by atoms with Crippen LogP contribution in [0.2, 0.25) is 0 Å². The van der Waals surface area contributed by atoms with Crippen LogP contribution in [-0.2, 0) is 20.5 Å². The highest BCUT2D eigenvalue weighted by Gasteiger charge is 1.89. The molecule has 0 amide bonds. The lowest BCUT2D eigenvalue weighted by Gasteiger charge is -1.59. The highest BCUT2D eigenvalue weighted by Crippen LogP contribution is 1.65. The fourth-order valence-corrected chi connectivity index (χ4v) is 0. The van der Waals surface area contributed by atoms with Gasteiger partial charge in [-0.3, -0.25) is 0 Å². The summed E-state index contributed by atoms with van der Waals surface area (Å²) in [5, 5.41) is 0. The Morgan fingerprint density at radius 2 is 1.50 bits per heavy atom. The summed E-state index contributed by atoms with van der Waals surface area (Å²) in [6.07, 6.45) is 1.07. The molecule has 0 radical (unpaired) electrons. The highest BCUT2D eigenvalue weighted by molar-refractivity contribution is 8.53. The minimum absolute atomic E-state index is 0. The van der Waals surface area contributed by atoms with Gasteiger partial charge in [0.1, 0.15) is 0 Å². The Bertz CT molecular complexity index is 94.7. The Kier molecular flexibility index (Phi) is 4.75. The van der Waals surface area contributed by atoms with Crippen molar-refractivity contribution in [3.05, 3.63) is 0 Å². The largest absolute Gasteiger partial charge is 1.00 e. The third-order valence-corrected chi connectivity index (χ3v) is 0. The molecule has 0 aromatic rings. The molecule has 0 aromatic carbocycles. The zero-order valence-corrected chi connectivity index (χ0v) is 6.51. The number of rotatable bonds is 0. The van der Waals surface area contributed by atoms with Crippen molar-refractivity contribution in [2.75, 3.05) is 6.26 Å². The maximum absolute atomic E-state index is 9.55. The van der Waals surface area contributed by atoms with Crippen LogP contribution in [0.5, 0.6) is 0 Å². The Hall–Kier alpha value is 0.780. The molecule has 6 heavy (non-hydrogen) atoms. The second kappa shape index (κ2) is 2.87. The van der Waals surface area contributed by atoms with E-state index in [9.17, 15) is 8.42 Å². The standard InChI is InChI=1S/CH4O2S2.BrH/c1-5(2,3)4;/h1H3,(H,2,3,4);1H. The lowest BCUT2D eigenvalue weighted by atomic mass is 12.0. The molecule has 0 spiro atoms. The van der Waals surface area contributed by atoms with Gasteiger partial charge < -0.3 is 17.0 Å². The van der Waals surface area contributed by atoms with Crippen molar-refractivity contribution in [3.8, 4) is 0 Å². The molecule has 0 aliphatic rings. The average molecular weight is 193 g/mol. The predicted molar refractivity (Wildman–Crippen MR) is 25.0 cm³/mol. The molecule has 0 saturated carbocycles. The van der Waals surface area contributed by atoms with Crippen LogP contribution in [0.15, 0.2) is 0 Å². The Morgan fingerprint density at radius 3 is 1.50 bits per heavy atom. The SMILES string of the molecule is CS(=O)(=O)[SH2+].[Br-]. The summed E-state index contributed by atoms with van der Waals surface area (Å²) in [5.74, 6) is 0. The van der Waals surface area contributed by atoms with Crippen molar-refractivity contribution >= 4 is 20.5 Å². The average Bonchev–Trinajstić information content (AvgIpc) is 0.722. The molecule has 0 N–H and O–H groups in total. The fraction of sp³-hybridized carbons (Fsp3) is 1.00. The van der Waals surface area contributed by atoms with Crippen LogP contribution in [0.4, 0.5) is 0 Å². The highest BCUT2D eigenvalue weighted by atomic mass is 79.9. The Morgan fingerprint density at radius 1 is 1.50 bits per heavy atom. The van der Waals surface area contributed by atoms with Crippen LogP contribution in [0.1, 0.15) is 0 Å². The van der Waals surface area contributed by atoms with Crippen LogP contribution < -0.4 is 17.0 Å². The van der Waals surface area contributed by atoms with E-state index in [1.54, 1.807) is 0 Å². The molecular formula is CH5BrO2S2. The second-order valence-corrected chi connectivity index (χ2v) is 4.54. The summed E-state index contributed by atoms with van der Waals surface area (Å²) >= 11 is 2.39. The van der Waals surface area contributed by atoms with Gasteiger partial charge in [0.2, 0.25) is 0 Å². The van der Waals surface area contributed by atoms with Gasteiger partial charge in [-0.05, 0) is 0 Å². The summed E-state index contributed by atoms with van der Waals surface area (Å²) in [4.78, 5) is 0. The first-order valence-corrected chi connectivity index (χ1v) is 4.06. The first-order chi connectivity index (χ1) is 2.00. The van der Waals surface area contributed by atoms with E-state index in [2.05, 4.69) is 11.7 Å². The van der Waals surface area contributed by atoms with Crippen LogP contribution in [0.25, 0.3) is 0 Å². The molecule has 0 bridgehead atoms. The smallest absolute Gasteiger partial charge is 0.307 e. The number of hydrogen-bond acceptors (Lipinski definition) is 2. The summed E-state index contributed by atoms with van der Waals surface area (Å²) in [5.41, 5.74) is 0. The van der Waals surface area contributed by atoms with E-state index >= 15 is 0 Å². The number of hydrogen-bond donors (Lipinski definition) is 0. The molecule has 0 rings (SSSR count). The molecule has 0 atom stereocenters. The molecular weight excluding hydrogens is 188 g/mol.